The minimum absolute atomic E-state index is 0.263. The molecular weight excluding hydrogens is 456 g/mol. The van der Waals surface area contributed by atoms with Crippen LogP contribution in [0.1, 0.15) is 38.7 Å². The van der Waals surface area contributed by atoms with Crippen molar-refractivity contribution in [2.45, 2.75) is 38.2 Å². The Labute approximate surface area is 201 Å². The Bertz CT molecular complexity index is 1270. The normalized spacial score (nSPS) is 10.9. The predicted octanol–water partition coefficient (Wildman–Crippen LogP) is 4.86. The highest BCUT2D eigenvalue weighted by Gasteiger charge is 2.21. The van der Waals surface area contributed by atoms with Gasteiger partial charge >= 0.3 is 0 Å². The minimum Gasteiger partial charge on any atom is -0.347 e. The van der Waals surface area contributed by atoms with E-state index in [9.17, 15) is 4.79 Å². The quantitative estimate of drug-likeness (QED) is 0.301. The van der Waals surface area contributed by atoms with Crippen LogP contribution in [0.4, 0.5) is 0 Å². The molecule has 33 heavy (non-hydrogen) atoms. The predicted molar refractivity (Wildman–Crippen MR) is 130 cm³/mol. The van der Waals surface area contributed by atoms with Crippen LogP contribution >= 0.6 is 23.4 Å². The fourth-order valence-electron chi connectivity index (χ4n) is 3.28. The second-order valence-electron chi connectivity index (χ2n) is 7.62. The Balaban J connectivity index is 1.64. The Morgan fingerprint density at radius 1 is 1.03 bits per heavy atom. The van der Waals surface area contributed by atoms with Crippen LogP contribution in [0.25, 0.3) is 5.69 Å². The van der Waals surface area contributed by atoms with Crippen LogP contribution in [0.2, 0.25) is 5.02 Å². The SMILES string of the molecule is Cc1cc(C)nc(SCc2c(C(=O)NCc3ccccc3)nnn2-c2ccc(C)c(Cl)c2)n1. The molecular formula is C24H23ClN6OS. The standard InChI is InChI=1S/C24H23ClN6OS/c1-15-9-10-19(12-20(15)25)31-21(14-33-24-27-16(2)11-17(3)28-24)22(29-30-31)23(32)26-13-18-7-5-4-6-8-18/h4-12H,13-14H2,1-3H3,(H,26,32). The first-order chi connectivity index (χ1) is 15.9. The van der Waals surface area contributed by atoms with Crippen LogP contribution in [-0.4, -0.2) is 30.9 Å². The van der Waals surface area contributed by atoms with Crippen molar-refractivity contribution >= 4 is 29.3 Å². The lowest BCUT2D eigenvalue weighted by molar-refractivity contribution is 0.0945. The van der Waals surface area contributed by atoms with Gasteiger partial charge in [-0.2, -0.15) is 0 Å². The number of carbonyl (C=O) groups is 1. The molecule has 0 aliphatic heterocycles. The molecule has 0 saturated heterocycles. The summed E-state index contributed by atoms with van der Waals surface area (Å²) < 4.78 is 1.65. The van der Waals surface area contributed by atoms with Gasteiger partial charge < -0.3 is 5.32 Å². The first kappa shape index (κ1) is 22.9. The van der Waals surface area contributed by atoms with Gasteiger partial charge in [-0.25, -0.2) is 14.6 Å². The average Bonchev–Trinajstić information content (AvgIpc) is 3.22. The number of nitrogens with zero attached hydrogens (tertiary/aromatic N) is 5. The van der Waals surface area contributed by atoms with Gasteiger partial charge in [-0.1, -0.05) is 65.0 Å². The van der Waals surface area contributed by atoms with Gasteiger partial charge in [-0.05, 0) is 50.1 Å². The van der Waals surface area contributed by atoms with Gasteiger partial charge in [-0.3, -0.25) is 4.79 Å². The zero-order valence-corrected chi connectivity index (χ0v) is 20.1. The number of halogens is 1. The van der Waals surface area contributed by atoms with Crippen LogP contribution in [0, 0.1) is 20.8 Å². The summed E-state index contributed by atoms with van der Waals surface area (Å²) in [4.78, 5) is 22.0. The summed E-state index contributed by atoms with van der Waals surface area (Å²) in [6, 6.07) is 17.3. The van der Waals surface area contributed by atoms with E-state index in [1.165, 1.54) is 11.8 Å². The van der Waals surface area contributed by atoms with Gasteiger partial charge in [0.2, 0.25) is 0 Å². The lowest BCUT2D eigenvalue weighted by Crippen LogP contribution is -2.24. The third-order valence-electron chi connectivity index (χ3n) is 4.97. The van der Waals surface area contributed by atoms with Crippen LogP contribution in [-0.2, 0) is 12.3 Å². The second-order valence-corrected chi connectivity index (χ2v) is 8.97. The summed E-state index contributed by atoms with van der Waals surface area (Å²) in [7, 11) is 0. The van der Waals surface area contributed by atoms with Crippen molar-refractivity contribution in [2.24, 2.45) is 0 Å². The number of amides is 1. The monoisotopic (exact) mass is 478 g/mol. The molecule has 1 N–H and O–H groups in total. The smallest absolute Gasteiger partial charge is 0.274 e. The molecule has 2 aromatic heterocycles. The summed E-state index contributed by atoms with van der Waals surface area (Å²) >= 11 is 7.78. The van der Waals surface area contributed by atoms with E-state index in [-0.39, 0.29) is 11.6 Å². The lowest BCUT2D eigenvalue weighted by atomic mass is 10.2. The van der Waals surface area contributed by atoms with Crippen LogP contribution in [0.5, 0.6) is 0 Å². The van der Waals surface area contributed by atoms with Crippen molar-refractivity contribution in [1.29, 1.82) is 0 Å². The summed E-state index contributed by atoms with van der Waals surface area (Å²) in [6.45, 7) is 6.20. The van der Waals surface area contributed by atoms with Gasteiger partial charge in [0.25, 0.3) is 5.91 Å². The number of aryl methyl sites for hydroxylation is 3. The summed E-state index contributed by atoms with van der Waals surface area (Å²) in [6.07, 6.45) is 0. The first-order valence-corrected chi connectivity index (χ1v) is 11.8. The number of aromatic nitrogens is 5. The number of hydrogen-bond acceptors (Lipinski definition) is 6. The molecule has 0 bridgehead atoms. The number of hydrogen-bond donors (Lipinski definition) is 1. The molecule has 168 valence electrons. The molecule has 0 fully saturated rings. The molecule has 4 rings (SSSR count). The zero-order valence-electron chi connectivity index (χ0n) is 18.5. The third kappa shape index (κ3) is 5.58. The van der Waals surface area contributed by atoms with Gasteiger partial charge in [0.05, 0.1) is 11.4 Å². The van der Waals surface area contributed by atoms with E-state index < -0.39 is 0 Å². The molecule has 9 heteroatoms. The summed E-state index contributed by atoms with van der Waals surface area (Å²) in [5.74, 6) is 0.121. The molecule has 4 aromatic rings. The number of thioether (sulfide) groups is 1. The van der Waals surface area contributed by atoms with Crippen molar-refractivity contribution in [3.05, 3.63) is 93.5 Å². The Hall–Kier alpha value is -3.23. The Kier molecular flexibility index (Phi) is 7.05. The van der Waals surface area contributed by atoms with Crippen molar-refractivity contribution in [2.75, 3.05) is 0 Å². The maximum Gasteiger partial charge on any atom is 0.274 e. The van der Waals surface area contributed by atoms with Gasteiger partial charge in [0, 0.05) is 28.7 Å². The van der Waals surface area contributed by atoms with E-state index in [1.54, 1.807) is 4.68 Å². The van der Waals surface area contributed by atoms with Crippen molar-refractivity contribution in [1.82, 2.24) is 30.3 Å². The maximum atomic E-state index is 13.0. The highest BCUT2D eigenvalue weighted by molar-refractivity contribution is 7.98. The molecule has 0 spiro atoms. The topological polar surface area (TPSA) is 85.6 Å². The Morgan fingerprint density at radius 2 is 1.76 bits per heavy atom. The number of carbonyl (C=O) groups excluding carboxylic acids is 1. The highest BCUT2D eigenvalue weighted by atomic mass is 35.5. The van der Waals surface area contributed by atoms with E-state index in [4.69, 9.17) is 11.6 Å². The number of benzene rings is 2. The molecule has 0 radical (unpaired) electrons. The zero-order chi connectivity index (χ0) is 23.4. The molecule has 2 aromatic carbocycles. The van der Waals surface area contributed by atoms with Gasteiger partial charge in [0.15, 0.2) is 10.9 Å². The van der Waals surface area contributed by atoms with E-state index in [0.29, 0.717) is 28.2 Å². The maximum absolute atomic E-state index is 13.0. The van der Waals surface area contributed by atoms with Crippen LogP contribution in [0.15, 0.2) is 59.8 Å². The molecule has 2 heterocycles. The number of nitrogens with one attached hydrogen (secondary N) is 1. The van der Waals surface area contributed by atoms with Gasteiger partial charge in [-0.15, -0.1) is 5.10 Å². The van der Waals surface area contributed by atoms with Crippen molar-refractivity contribution in [3.8, 4) is 5.69 Å². The van der Waals surface area contributed by atoms with E-state index in [0.717, 1.165) is 28.2 Å². The molecule has 0 aliphatic rings. The average molecular weight is 479 g/mol. The molecule has 0 saturated carbocycles. The van der Waals surface area contributed by atoms with Crippen molar-refractivity contribution in [3.63, 3.8) is 0 Å². The van der Waals surface area contributed by atoms with E-state index >= 15 is 0 Å². The Morgan fingerprint density at radius 3 is 2.45 bits per heavy atom. The highest BCUT2D eigenvalue weighted by Crippen LogP contribution is 2.25. The fraction of sp³-hybridized carbons (Fsp3) is 0.208. The molecule has 7 nitrogen and oxygen atoms in total. The van der Waals surface area contributed by atoms with Crippen LogP contribution < -0.4 is 5.32 Å². The number of rotatable bonds is 7. The summed E-state index contributed by atoms with van der Waals surface area (Å²) in [5, 5.41) is 12.7. The molecule has 1 amide bonds. The second kappa shape index (κ2) is 10.1. The largest absolute Gasteiger partial charge is 0.347 e. The summed E-state index contributed by atoms with van der Waals surface area (Å²) in [5.41, 5.74) is 5.39. The first-order valence-electron chi connectivity index (χ1n) is 10.4. The van der Waals surface area contributed by atoms with Crippen LogP contribution in [0.3, 0.4) is 0 Å². The molecule has 0 atom stereocenters. The fourth-order valence-corrected chi connectivity index (χ4v) is 4.40. The minimum atomic E-state index is -0.291. The molecule has 0 unspecified atom stereocenters. The van der Waals surface area contributed by atoms with Gasteiger partial charge in [0.1, 0.15) is 0 Å². The third-order valence-corrected chi connectivity index (χ3v) is 6.24. The lowest BCUT2D eigenvalue weighted by Gasteiger charge is -2.10. The van der Waals surface area contributed by atoms with E-state index in [1.807, 2.05) is 75.4 Å². The molecule has 0 aliphatic carbocycles. The van der Waals surface area contributed by atoms with Crippen molar-refractivity contribution < 1.29 is 4.79 Å². The van der Waals surface area contributed by atoms with E-state index in [2.05, 4.69) is 25.6 Å².